The zero-order chi connectivity index (χ0) is 24.8. The highest BCUT2D eigenvalue weighted by atomic mass is 15.2. The summed E-state index contributed by atoms with van der Waals surface area (Å²) in [5, 5.41) is 5.98. The van der Waals surface area contributed by atoms with Crippen molar-refractivity contribution in [3.8, 4) is 33.6 Å². The number of fused-ring (bicyclic) bond motifs is 1. The normalized spacial score (nSPS) is 20.2. The van der Waals surface area contributed by atoms with Crippen molar-refractivity contribution < 1.29 is 0 Å². The Balaban J connectivity index is 1.11. The molecule has 0 amide bonds. The smallest absolute Gasteiger partial charge is 0.123 e. The van der Waals surface area contributed by atoms with Gasteiger partial charge in [-0.25, -0.2) is 9.97 Å². The minimum absolute atomic E-state index is 0.354. The van der Waals surface area contributed by atoms with Crippen LogP contribution in [0.15, 0.2) is 73.1 Å². The number of likely N-dealkylation sites (tertiary alicyclic amines) is 1. The van der Waals surface area contributed by atoms with Gasteiger partial charge >= 0.3 is 0 Å². The van der Waals surface area contributed by atoms with E-state index in [9.17, 15) is 0 Å². The highest BCUT2D eigenvalue weighted by molar-refractivity contribution is 5.90. The number of rotatable bonds is 5. The van der Waals surface area contributed by atoms with E-state index in [0.29, 0.717) is 12.1 Å². The molecule has 0 bridgehead atoms. The molecule has 5 aromatic rings. The molecule has 0 aliphatic carbocycles. The minimum atomic E-state index is 0.354. The van der Waals surface area contributed by atoms with Gasteiger partial charge in [-0.2, -0.15) is 0 Å². The molecule has 3 N–H and O–H groups in total. The summed E-state index contributed by atoms with van der Waals surface area (Å²) in [5.41, 5.74) is 6.93. The zero-order valence-electron chi connectivity index (χ0n) is 21.2. The van der Waals surface area contributed by atoms with Crippen molar-refractivity contribution in [1.82, 2.24) is 30.2 Å². The first-order chi connectivity index (χ1) is 18.2. The maximum Gasteiger partial charge on any atom is 0.123 e. The van der Waals surface area contributed by atoms with Crippen LogP contribution >= 0.6 is 0 Å². The lowest BCUT2D eigenvalue weighted by atomic mass is 9.98. The fraction of sp³-hybridized carbons (Fsp3) is 0.290. The van der Waals surface area contributed by atoms with E-state index in [4.69, 9.17) is 0 Å². The molecule has 6 heteroatoms. The SMILES string of the molecule is CN1CCC[C@H]1c1ncc(-c2ccc(-c3ccc4cc(-c5cnc([C@@H]6CCCN6)[nH]5)ccc4c3)cc2)[nH]1. The number of H-pyrrole nitrogens is 2. The van der Waals surface area contributed by atoms with Crippen molar-refractivity contribution in [1.29, 1.82) is 0 Å². The lowest BCUT2D eigenvalue weighted by Gasteiger charge is -2.16. The first-order valence-corrected chi connectivity index (χ1v) is 13.4. The molecule has 6 nitrogen and oxygen atoms in total. The maximum absolute atomic E-state index is 4.68. The Kier molecular flexibility index (Phi) is 5.64. The summed E-state index contributed by atoms with van der Waals surface area (Å²) in [6.07, 6.45) is 8.70. The molecular weight excluding hydrogens is 456 g/mol. The van der Waals surface area contributed by atoms with Crippen molar-refractivity contribution in [3.63, 3.8) is 0 Å². The van der Waals surface area contributed by atoms with Gasteiger partial charge in [0.15, 0.2) is 0 Å². The van der Waals surface area contributed by atoms with E-state index in [1.807, 2.05) is 12.4 Å². The molecule has 2 aliphatic rings. The van der Waals surface area contributed by atoms with Crippen LogP contribution in [0.2, 0.25) is 0 Å². The average molecular weight is 489 g/mol. The predicted molar refractivity (Wildman–Crippen MR) is 149 cm³/mol. The number of nitrogens with one attached hydrogen (secondary N) is 3. The molecule has 0 unspecified atom stereocenters. The molecule has 3 aromatic carbocycles. The van der Waals surface area contributed by atoms with Crippen LogP contribution in [0.3, 0.4) is 0 Å². The second-order valence-electron chi connectivity index (χ2n) is 10.5. The average Bonchev–Trinajstić information content (AvgIpc) is 3.75. The van der Waals surface area contributed by atoms with E-state index in [2.05, 4.69) is 97.9 Å². The second kappa shape index (κ2) is 9.29. The van der Waals surface area contributed by atoms with E-state index in [1.165, 1.54) is 52.3 Å². The fourth-order valence-corrected chi connectivity index (χ4v) is 5.92. The molecule has 2 saturated heterocycles. The van der Waals surface area contributed by atoms with E-state index >= 15 is 0 Å². The van der Waals surface area contributed by atoms with Crippen molar-refractivity contribution >= 4 is 10.8 Å². The van der Waals surface area contributed by atoms with Crippen LogP contribution in [0.25, 0.3) is 44.4 Å². The first-order valence-electron chi connectivity index (χ1n) is 13.4. The largest absolute Gasteiger partial charge is 0.341 e. The standard InChI is InChI=1S/C31H32N6/c1-37-15-3-5-29(37)31-34-18-27(36-31)21-8-6-20(7-9-21)22-10-11-24-17-25(13-12-23(24)16-22)28-19-33-30(35-28)26-4-2-14-32-26/h6-13,16-19,26,29,32H,2-5,14-15H2,1H3,(H,33,35)(H,34,36)/t26-,29-/m0/s1. The number of imidazole rings is 2. The Labute approximate surface area is 217 Å². The van der Waals surface area contributed by atoms with Gasteiger partial charge < -0.3 is 15.3 Å². The molecule has 0 saturated carbocycles. The van der Waals surface area contributed by atoms with Crippen LogP contribution in [-0.2, 0) is 0 Å². The number of hydrogen-bond acceptors (Lipinski definition) is 4. The van der Waals surface area contributed by atoms with Gasteiger partial charge in [0.05, 0.1) is 35.9 Å². The Morgan fingerprint density at radius 2 is 1.35 bits per heavy atom. The van der Waals surface area contributed by atoms with Crippen LogP contribution in [0.5, 0.6) is 0 Å². The lowest BCUT2D eigenvalue weighted by Crippen LogP contribution is -2.18. The molecule has 0 radical (unpaired) electrons. The molecule has 2 atom stereocenters. The summed E-state index contributed by atoms with van der Waals surface area (Å²) in [7, 11) is 2.18. The third kappa shape index (κ3) is 4.26. The fourth-order valence-electron chi connectivity index (χ4n) is 5.92. The molecule has 7 rings (SSSR count). The zero-order valence-corrected chi connectivity index (χ0v) is 21.2. The quantitative estimate of drug-likeness (QED) is 0.265. The molecule has 186 valence electrons. The lowest BCUT2D eigenvalue weighted by molar-refractivity contribution is 0.307. The highest BCUT2D eigenvalue weighted by Crippen LogP contribution is 2.32. The van der Waals surface area contributed by atoms with Crippen LogP contribution in [-0.4, -0.2) is 45.0 Å². The van der Waals surface area contributed by atoms with Crippen molar-refractivity contribution in [2.45, 2.75) is 37.8 Å². The topological polar surface area (TPSA) is 72.6 Å². The van der Waals surface area contributed by atoms with Crippen molar-refractivity contribution in [2.75, 3.05) is 20.1 Å². The Morgan fingerprint density at radius 3 is 2.08 bits per heavy atom. The van der Waals surface area contributed by atoms with Gasteiger partial charge in [-0.3, -0.25) is 4.90 Å². The Bertz CT molecular complexity index is 1540. The molecule has 2 fully saturated rings. The summed E-state index contributed by atoms with van der Waals surface area (Å²) < 4.78 is 0. The summed E-state index contributed by atoms with van der Waals surface area (Å²) >= 11 is 0. The van der Waals surface area contributed by atoms with Gasteiger partial charge in [0, 0.05) is 5.56 Å². The summed E-state index contributed by atoms with van der Waals surface area (Å²) in [4.78, 5) is 18.8. The molecule has 37 heavy (non-hydrogen) atoms. The second-order valence-corrected chi connectivity index (χ2v) is 10.5. The summed E-state index contributed by atoms with van der Waals surface area (Å²) in [5.74, 6) is 2.12. The third-order valence-corrected chi connectivity index (χ3v) is 8.10. The summed E-state index contributed by atoms with van der Waals surface area (Å²) in [6.45, 7) is 2.22. The van der Waals surface area contributed by atoms with E-state index < -0.39 is 0 Å². The monoisotopic (exact) mass is 488 g/mol. The molecular formula is C31H32N6. The minimum Gasteiger partial charge on any atom is -0.341 e. The molecule has 4 heterocycles. The Hall–Kier alpha value is -3.74. The highest BCUT2D eigenvalue weighted by Gasteiger charge is 2.25. The van der Waals surface area contributed by atoms with Gasteiger partial charge in [0.1, 0.15) is 11.6 Å². The molecule has 2 aromatic heterocycles. The Morgan fingerprint density at radius 1 is 0.703 bits per heavy atom. The van der Waals surface area contributed by atoms with Crippen LogP contribution in [0, 0.1) is 0 Å². The number of hydrogen-bond donors (Lipinski definition) is 3. The maximum atomic E-state index is 4.68. The van der Waals surface area contributed by atoms with Crippen molar-refractivity contribution in [2.24, 2.45) is 0 Å². The number of aromatic nitrogens is 4. The van der Waals surface area contributed by atoms with Gasteiger partial charge in [0.25, 0.3) is 0 Å². The predicted octanol–water partition coefficient (Wildman–Crippen LogP) is 6.48. The number of nitrogens with zero attached hydrogens (tertiary/aromatic N) is 3. The van der Waals surface area contributed by atoms with Crippen LogP contribution < -0.4 is 5.32 Å². The van der Waals surface area contributed by atoms with E-state index in [1.54, 1.807) is 0 Å². The first kappa shape index (κ1) is 22.5. The van der Waals surface area contributed by atoms with Crippen molar-refractivity contribution in [3.05, 3.63) is 84.7 Å². The van der Waals surface area contributed by atoms with Gasteiger partial charge in [-0.1, -0.05) is 48.5 Å². The van der Waals surface area contributed by atoms with E-state index in [-0.39, 0.29) is 0 Å². The van der Waals surface area contributed by atoms with Gasteiger partial charge in [0.2, 0.25) is 0 Å². The van der Waals surface area contributed by atoms with Crippen LogP contribution in [0.4, 0.5) is 0 Å². The molecule has 2 aliphatic heterocycles. The molecule has 0 spiro atoms. The number of aromatic amines is 2. The van der Waals surface area contributed by atoms with Gasteiger partial charge in [-0.15, -0.1) is 0 Å². The van der Waals surface area contributed by atoms with E-state index in [0.717, 1.165) is 42.5 Å². The number of benzene rings is 3. The summed E-state index contributed by atoms with van der Waals surface area (Å²) in [6, 6.07) is 22.9. The third-order valence-electron chi connectivity index (χ3n) is 8.10. The van der Waals surface area contributed by atoms with Crippen LogP contribution in [0.1, 0.15) is 49.4 Å². The van der Waals surface area contributed by atoms with Gasteiger partial charge in [-0.05, 0) is 85.4 Å².